The molecule has 6 heteroatoms. The minimum atomic E-state index is -1.99. The molecule has 6 atom stereocenters. The summed E-state index contributed by atoms with van der Waals surface area (Å²) in [6.45, 7) is 10.0. The molecule has 0 spiro atoms. The summed E-state index contributed by atoms with van der Waals surface area (Å²) in [5, 5.41) is 8.24. The molecule has 41 heavy (non-hydrogen) atoms. The van der Waals surface area contributed by atoms with E-state index in [1.54, 1.807) is 0 Å². The topological polar surface area (TPSA) is 17.3 Å². The summed E-state index contributed by atoms with van der Waals surface area (Å²) in [5.74, 6) is 2.42. The van der Waals surface area contributed by atoms with Gasteiger partial charge in [0.05, 0.1) is 0 Å². The van der Waals surface area contributed by atoms with Crippen molar-refractivity contribution in [3.05, 3.63) is 128 Å². The van der Waals surface area contributed by atoms with Gasteiger partial charge in [-0.1, -0.05) is 154 Å². The van der Waals surface area contributed by atoms with Gasteiger partial charge in [0.2, 0.25) is 0 Å². The summed E-state index contributed by atoms with van der Waals surface area (Å²) in [7, 11) is 7.79. The van der Waals surface area contributed by atoms with Crippen molar-refractivity contribution in [2.24, 2.45) is 23.7 Å². The third-order valence-electron chi connectivity index (χ3n) is 9.82. The molecule has 1 heterocycles. The molecule has 1 saturated carbocycles. The van der Waals surface area contributed by atoms with Crippen molar-refractivity contribution in [2.75, 3.05) is 0 Å². The van der Waals surface area contributed by atoms with Crippen molar-refractivity contribution in [3.8, 4) is 0 Å². The molecule has 0 bridgehead atoms. The van der Waals surface area contributed by atoms with Gasteiger partial charge < -0.3 is 17.3 Å². The first-order valence-corrected chi connectivity index (χ1v) is 21.7. The van der Waals surface area contributed by atoms with Crippen molar-refractivity contribution in [2.45, 2.75) is 50.2 Å². The maximum atomic E-state index is 5.61. The van der Waals surface area contributed by atoms with Gasteiger partial charge in [-0.2, -0.15) is 0 Å². The van der Waals surface area contributed by atoms with Crippen LogP contribution in [0.4, 0.5) is 0 Å². The first-order valence-electron chi connectivity index (χ1n) is 14.3. The van der Waals surface area contributed by atoms with E-state index in [0.29, 0.717) is 35.3 Å². The van der Waals surface area contributed by atoms with Gasteiger partial charge in [0.1, 0.15) is 8.24 Å². The van der Waals surface area contributed by atoms with Gasteiger partial charge in [-0.05, 0) is 45.5 Å². The Hall–Kier alpha value is -1.43. The molecule has 0 aromatic heterocycles. The Morgan fingerprint density at radius 2 is 1.34 bits per heavy atom. The Kier molecular flexibility index (Phi) is 9.29. The third kappa shape index (κ3) is 5.31. The van der Waals surface area contributed by atoms with E-state index < -0.39 is 25.3 Å². The molecule has 2 nitrogen and oxygen atoms in total. The van der Waals surface area contributed by atoms with Crippen LogP contribution < -0.4 is 0 Å². The molecule has 214 valence electrons. The fourth-order valence-electron chi connectivity index (χ4n) is 8.75. The summed E-state index contributed by atoms with van der Waals surface area (Å²) in [4.78, 5) is 0. The molecule has 5 aliphatic rings. The Labute approximate surface area is 264 Å². The Morgan fingerprint density at radius 3 is 1.98 bits per heavy atom. The van der Waals surface area contributed by atoms with Gasteiger partial charge in [-0.25, -0.2) is 0 Å². The number of nitrogens with zero attached hydrogens (tertiary/aromatic N) is 2. The van der Waals surface area contributed by atoms with Crippen molar-refractivity contribution in [1.82, 2.24) is 4.57 Å². The summed E-state index contributed by atoms with van der Waals surface area (Å²) in [5.41, 5.74) is 3.14. The second kappa shape index (κ2) is 12.3. The SMILES string of the molecule is CC1(C)[N-]C2C(c3cccc4ccccc34)=CC=C[C@H]2N1[Si](C)(C)C1C2C=CC=CC2C2C=CC=CC21.[CH3-].[Cl][Ti][Cl]. The first-order chi connectivity index (χ1) is 19.3. The molecule has 2 aromatic rings. The van der Waals surface area contributed by atoms with Crippen LogP contribution in [0, 0.1) is 31.1 Å². The van der Waals surface area contributed by atoms with Crippen LogP contribution in [0.5, 0.6) is 0 Å². The zero-order valence-corrected chi connectivity index (χ0v) is 28.7. The molecule has 0 N–H and O–H groups in total. The van der Waals surface area contributed by atoms with Gasteiger partial charge in [-0.15, -0.1) is 0 Å². The first kappa shape index (κ1) is 31.0. The number of rotatable bonds is 3. The van der Waals surface area contributed by atoms with E-state index in [2.05, 4.69) is 141 Å². The second-order valence-corrected chi connectivity index (χ2v) is 19.6. The van der Waals surface area contributed by atoms with Crippen LogP contribution in [-0.2, 0) is 17.0 Å². The zero-order valence-electron chi connectivity index (χ0n) is 24.6. The molecule has 5 unspecified atom stereocenters. The molecular weight excluding hydrogens is 595 g/mol. The molecule has 0 radical (unpaired) electrons. The number of halogens is 2. The minimum absolute atomic E-state index is 0. The van der Waals surface area contributed by atoms with E-state index in [-0.39, 0.29) is 19.1 Å². The zero-order chi connectivity index (χ0) is 28.1. The quantitative estimate of drug-likeness (QED) is 0.242. The van der Waals surface area contributed by atoms with E-state index in [9.17, 15) is 0 Å². The van der Waals surface area contributed by atoms with Crippen molar-refractivity contribution >= 4 is 43.2 Å². The average molecular weight is 636 g/mol. The van der Waals surface area contributed by atoms with Crippen molar-refractivity contribution in [1.29, 1.82) is 0 Å². The average Bonchev–Trinajstić information content (AvgIpc) is 3.44. The van der Waals surface area contributed by atoms with Crippen LogP contribution in [0.25, 0.3) is 21.7 Å². The van der Waals surface area contributed by atoms with Crippen LogP contribution in [-0.4, -0.2) is 30.5 Å². The molecule has 0 amide bonds. The predicted molar refractivity (Wildman–Crippen MR) is 178 cm³/mol. The predicted octanol–water partition coefficient (Wildman–Crippen LogP) is 10.1. The third-order valence-corrected chi connectivity index (χ3v) is 14.3. The van der Waals surface area contributed by atoms with E-state index in [1.807, 2.05) is 0 Å². The van der Waals surface area contributed by atoms with E-state index in [0.717, 1.165) is 0 Å². The number of hydrogen-bond donors (Lipinski definition) is 0. The van der Waals surface area contributed by atoms with Crippen molar-refractivity contribution < 1.29 is 17.0 Å². The van der Waals surface area contributed by atoms with Crippen molar-refractivity contribution in [3.63, 3.8) is 0 Å². The molecule has 2 fully saturated rings. The number of allylic oxidation sites excluding steroid dienone is 10. The van der Waals surface area contributed by atoms with Gasteiger partial charge in [0, 0.05) is 6.04 Å². The monoisotopic (exact) mass is 634 g/mol. The van der Waals surface area contributed by atoms with Gasteiger partial charge in [0.25, 0.3) is 0 Å². The normalized spacial score (nSPS) is 32.3. The summed E-state index contributed by atoms with van der Waals surface area (Å²) in [6.07, 6.45) is 26.3. The van der Waals surface area contributed by atoms with Crippen LogP contribution in [0.3, 0.4) is 0 Å². The molecule has 7 rings (SSSR count). The van der Waals surface area contributed by atoms with E-state index in [4.69, 9.17) is 23.9 Å². The number of fused-ring (bicyclic) bond motifs is 5. The molecule has 1 saturated heterocycles. The summed E-state index contributed by atoms with van der Waals surface area (Å²) < 4.78 is 2.90. The Bertz CT molecular complexity index is 1420. The van der Waals surface area contributed by atoms with E-state index in [1.165, 1.54) is 21.9 Å². The van der Waals surface area contributed by atoms with Crippen LogP contribution in [0.1, 0.15) is 19.4 Å². The second-order valence-electron chi connectivity index (χ2n) is 12.6. The van der Waals surface area contributed by atoms with Gasteiger partial charge in [-0.3, -0.25) is 0 Å². The standard InChI is InChI=1S/C34H37N2Si.CH3.2ClH.Ti/c1-34(2)35-32-28(25-20-11-14-23-13-5-6-15-24(23)25)21-12-22-31(32)36(34)37(3,4)33-29-18-9-7-16-26(29)27-17-8-10-19-30(27)33;;;;/h5-22,26-27,29-33H,1-4H3;1H3;2*1H;/q2*-1;;;+2/p-2/t26?,27?,29?,30?,31-,32?,33?;;;;/m1..../s1. The Morgan fingerprint density at radius 1 is 0.780 bits per heavy atom. The number of hydrogen-bond acceptors (Lipinski definition) is 1. The molecule has 2 aromatic carbocycles. The Balaban J connectivity index is 0.000000810. The molecular formula is C35H40Cl2N2SiTi-2. The fraction of sp³-hybridized carbons (Fsp3) is 0.343. The maximum absolute atomic E-state index is 5.61. The van der Waals surface area contributed by atoms with Gasteiger partial charge in [0.15, 0.2) is 0 Å². The van der Waals surface area contributed by atoms with Crippen LogP contribution in [0.15, 0.2) is 109 Å². The summed E-state index contributed by atoms with van der Waals surface area (Å²) in [6, 6.07) is 16.0. The summed E-state index contributed by atoms with van der Waals surface area (Å²) >= 11 is -0.556. The molecule has 1 aliphatic heterocycles. The van der Waals surface area contributed by atoms with E-state index >= 15 is 0 Å². The number of benzene rings is 2. The fourth-order valence-corrected chi connectivity index (χ4v) is 14.1. The van der Waals surface area contributed by atoms with Crippen LogP contribution in [0.2, 0.25) is 18.6 Å². The molecule has 4 aliphatic carbocycles. The van der Waals surface area contributed by atoms with Gasteiger partial charge >= 0.3 is 35.6 Å². The van der Waals surface area contributed by atoms with Crippen LogP contribution >= 0.6 is 18.6 Å².